The SMILES string of the molecule is O=C(O)Cc1nc(C2COc3ccccc32)no1. The van der Waals surface area contributed by atoms with Crippen LogP contribution < -0.4 is 4.74 Å². The number of para-hydroxylation sites is 1. The standard InChI is InChI=1S/C12H10N2O4/c15-11(16)5-10-13-12(14-18-10)8-6-17-9-4-2-1-3-7(8)9/h1-4,8H,5-6H2,(H,15,16). The zero-order valence-corrected chi connectivity index (χ0v) is 9.37. The van der Waals surface area contributed by atoms with Gasteiger partial charge in [-0.1, -0.05) is 23.4 Å². The quantitative estimate of drug-likeness (QED) is 0.876. The van der Waals surface area contributed by atoms with Crippen molar-refractivity contribution in [3.63, 3.8) is 0 Å². The summed E-state index contributed by atoms with van der Waals surface area (Å²) in [5, 5.41) is 12.5. The van der Waals surface area contributed by atoms with Crippen molar-refractivity contribution in [2.24, 2.45) is 0 Å². The van der Waals surface area contributed by atoms with Gasteiger partial charge < -0.3 is 14.4 Å². The smallest absolute Gasteiger partial charge is 0.312 e. The number of aromatic nitrogens is 2. The third kappa shape index (κ3) is 1.81. The molecule has 0 saturated heterocycles. The van der Waals surface area contributed by atoms with E-state index in [1.165, 1.54) is 0 Å². The molecule has 6 nitrogen and oxygen atoms in total. The van der Waals surface area contributed by atoms with Gasteiger partial charge in [0.25, 0.3) is 0 Å². The molecule has 6 heteroatoms. The van der Waals surface area contributed by atoms with Crippen LogP contribution in [0.1, 0.15) is 23.2 Å². The van der Waals surface area contributed by atoms with Crippen LogP contribution in [-0.2, 0) is 11.2 Å². The summed E-state index contributed by atoms with van der Waals surface area (Å²) in [6.45, 7) is 0.450. The number of nitrogens with zero attached hydrogens (tertiary/aromatic N) is 2. The van der Waals surface area contributed by atoms with Crippen LogP contribution in [0.4, 0.5) is 0 Å². The highest BCUT2D eigenvalue weighted by molar-refractivity contribution is 5.68. The highest BCUT2D eigenvalue weighted by atomic mass is 16.5. The molecule has 2 heterocycles. The first-order valence-electron chi connectivity index (χ1n) is 5.50. The van der Waals surface area contributed by atoms with Gasteiger partial charge in [-0.25, -0.2) is 0 Å². The fourth-order valence-corrected chi connectivity index (χ4v) is 1.99. The van der Waals surface area contributed by atoms with Gasteiger partial charge in [0.2, 0.25) is 5.89 Å². The van der Waals surface area contributed by atoms with Crippen molar-refractivity contribution in [2.75, 3.05) is 6.61 Å². The minimum absolute atomic E-state index is 0.0903. The van der Waals surface area contributed by atoms with Crippen LogP contribution in [0.2, 0.25) is 0 Å². The van der Waals surface area contributed by atoms with Crippen molar-refractivity contribution in [1.29, 1.82) is 0 Å². The highest BCUT2D eigenvalue weighted by Gasteiger charge is 2.29. The molecule has 2 aromatic rings. The number of carbonyl (C=O) groups is 1. The predicted octanol–water partition coefficient (Wildman–Crippen LogP) is 1.22. The fraction of sp³-hybridized carbons (Fsp3) is 0.250. The van der Waals surface area contributed by atoms with Gasteiger partial charge in [-0.2, -0.15) is 4.98 Å². The minimum atomic E-state index is -0.992. The lowest BCUT2D eigenvalue weighted by molar-refractivity contribution is -0.136. The summed E-state index contributed by atoms with van der Waals surface area (Å²) in [4.78, 5) is 14.6. The van der Waals surface area contributed by atoms with Gasteiger partial charge in [0.15, 0.2) is 5.82 Å². The molecule has 1 atom stereocenters. The van der Waals surface area contributed by atoms with Crippen LogP contribution >= 0.6 is 0 Å². The van der Waals surface area contributed by atoms with Crippen molar-refractivity contribution >= 4 is 5.97 Å². The van der Waals surface area contributed by atoms with E-state index >= 15 is 0 Å². The Morgan fingerprint density at radius 2 is 2.28 bits per heavy atom. The monoisotopic (exact) mass is 246 g/mol. The number of hydrogen-bond acceptors (Lipinski definition) is 5. The molecule has 0 aliphatic carbocycles. The Morgan fingerprint density at radius 3 is 3.11 bits per heavy atom. The Bertz CT molecular complexity index is 593. The van der Waals surface area contributed by atoms with E-state index < -0.39 is 5.97 Å². The number of ether oxygens (including phenoxy) is 1. The number of aliphatic carboxylic acids is 1. The maximum atomic E-state index is 10.5. The van der Waals surface area contributed by atoms with Gasteiger partial charge in [-0.3, -0.25) is 4.79 Å². The second-order valence-corrected chi connectivity index (χ2v) is 4.02. The molecule has 0 fully saturated rings. The molecule has 0 spiro atoms. The number of carboxylic acids is 1. The van der Waals surface area contributed by atoms with Crippen molar-refractivity contribution in [3.05, 3.63) is 41.5 Å². The molecule has 0 radical (unpaired) electrons. The van der Waals surface area contributed by atoms with Crippen molar-refractivity contribution in [1.82, 2.24) is 10.1 Å². The van der Waals surface area contributed by atoms with Crippen LogP contribution in [0.3, 0.4) is 0 Å². The first kappa shape index (κ1) is 10.8. The largest absolute Gasteiger partial charge is 0.492 e. The van der Waals surface area contributed by atoms with Gasteiger partial charge in [-0.05, 0) is 6.07 Å². The summed E-state index contributed by atoms with van der Waals surface area (Å²) in [7, 11) is 0. The van der Waals surface area contributed by atoms with Crippen molar-refractivity contribution < 1.29 is 19.2 Å². The van der Waals surface area contributed by atoms with E-state index in [1.54, 1.807) is 0 Å². The molecule has 0 saturated carbocycles. The molecule has 1 aromatic heterocycles. The van der Waals surface area contributed by atoms with E-state index in [1.807, 2.05) is 24.3 Å². The van der Waals surface area contributed by atoms with Crippen LogP contribution in [0.15, 0.2) is 28.8 Å². The maximum Gasteiger partial charge on any atom is 0.312 e. The van der Waals surface area contributed by atoms with Gasteiger partial charge in [-0.15, -0.1) is 0 Å². The maximum absolute atomic E-state index is 10.5. The second kappa shape index (κ2) is 4.14. The molecule has 1 aliphatic rings. The van der Waals surface area contributed by atoms with E-state index in [-0.39, 0.29) is 18.2 Å². The third-order valence-corrected chi connectivity index (χ3v) is 2.80. The fourth-order valence-electron chi connectivity index (χ4n) is 1.99. The molecule has 0 amide bonds. The minimum Gasteiger partial charge on any atom is -0.492 e. The Labute approximate surface area is 102 Å². The van der Waals surface area contributed by atoms with E-state index in [2.05, 4.69) is 10.1 Å². The van der Waals surface area contributed by atoms with Gasteiger partial charge in [0, 0.05) is 5.56 Å². The Morgan fingerprint density at radius 1 is 1.44 bits per heavy atom. The summed E-state index contributed by atoms with van der Waals surface area (Å²) >= 11 is 0. The molecule has 1 unspecified atom stereocenters. The molecule has 92 valence electrons. The highest BCUT2D eigenvalue weighted by Crippen LogP contribution is 2.36. The number of benzene rings is 1. The summed E-state index contributed by atoms with van der Waals surface area (Å²) in [6.07, 6.45) is -0.262. The van der Waals surface area contributed by atoms with Crippen LogP contribution in [0.25, 0.3) is 0 Å². The zero-order valence-electron chi connectivity index (χ0n) is 9.37. The average Bonchev–Trinajstić information content (AvgIpc) is 2.94. The van der Waals surface area contributed by atoms with E-state index in [4.69, 9.17) is 14.4 Å². The molecule has 18 heavy (non-hydrogen) atoms. The van der Waals surface area contributed by atoms with E-state index in [0.717, 1.165) is 11.3 Å². The first-order valence-corrected chi connectivity index (χ1v) is 5.50. The predicted molar refractivity (Wildman–Crippen MR) is 59.4 cm³/mol. The van der Waals surface area contributed by atoms with Crippen LogP contribution in [0.5, 0.6) is 5.75 Å². The average molecular weight is 246 g/mol. The lowest BCUT2D eigenvalue weighted by Gasteiger charge is -2.01. The Hall–Kier alpha value is -2.37. The first-order chi connectivity index (χ1) is 8.74. The third-order valence-electron chi connectivity index (χ3n) is 2.80. The topological polar surface area (TPSA) is 85.5 Å². The molecule has 1 aromatic carbocycles. The number of hydrogen-bond donors (Lipinski definition) is 1. The summed E-state index contributed by atoms with van der Waals surface area (Å²) < 4.78 is 10.4. The van der Waals surface area contributed by atoms with Crippen molar-refractivity contribution in [3.8, 4) is 5.75 Å². The van der Waals surface area contributed by atoms with E-state index in [9.17, 15) is 4.79 Å². The van der Waals surface area contributed by atoms with E-state index in [0.29, 0.717) is 12.4 Å². The number of fused-ring (bicyclic) bond motifs is 1. The second-order valence-electron chi connectivity index (χ2n) is 4.02. The molecule has 1 N–H and O–H groups in total. The van der Waals surface area contributed by atoms with Gasteiger partial charge >= 0.3 is 5.97 Å². The normalized spacial score (nSPS) is 17.2. The molecule has 3 rings (SSSR count). The molecule has 1 aliphatic heterocycles. The number of carboxylic acid groups (broad SMARTS) is 1. The van der Waals surface area contributed by atoms with Crippen molar-refractivity contribution in [2.45, 2.75) is 12.3 Å². The molecular formula is C12H10N2O4. The Balaban J connectivity index is 1.88. The summed E-state index contributed by atoms with van der Waals surface area (Å²) in [5.41, 5.74) is 1.00. The number of rotatable bonds is 3. The zero-order chi connectivity index (χ0) is 12.5. The van der Waals surface area contributed by atoms with Gasteiger partial charge in [0.05, 0.1) is 5.92 Å². The Kier molecular flexibility index (Phi) is 2.47. The lowest BCUT2D eigenvalue weighted by atomic mass is 10.0. The summed E-state index contributed by atoms with van der Waals surface area (Å²) in [5.74, 6) is 0.311. The van der Waals surface area contributed by atoms with Crippen LogP contribution in [-0.4, -0.2) is 27.8 Å². The van der Waals surface area contributed by atoms with Crippen LogP contribution in [0, 0.1) is 0 Å². The molecule has 0 bridgehead atoms. The summed E-state index contributed by atoms with van der Waals surface area (Å²) in [6, 6.07) is 7.64. The van der Waals surface area contributed by atoms with Gasteiger partial charge in [0.1, 0.15) is 18.8 Å². The molecular weight excluding hydrogens is 236 g/mol. The lowest BCUT2D eigenvalue weighted by Crippen LogP contribution is -2.05.